The summed E-state index contributed by atoms with van der Waals surface area (Å²) in [6.45, 7) is 7.04. The van der Waals surface area contributed by atoms with Gasteiger partial charge < -0.3 is 10.1 Å². The number of ether oxygens (including phenoxy) is 1. The van der Waals surface area contributed by atoms with Crippen LogP contribution in [0, 0.1) is 6.92 Å². The number of carbonyl (C=O) groups is 1. The van der Waals surface area contributed by atoms with Crippen LogP contribution in [0.25, 0.3) is 0 Å². The summed E-state index contributed by atoms with van der Waals surface area (Å²) in [6.07, 6.45) is 1.85. The van der Waals surface area contributed by atoms with E-state index < -0.39 is 0 Å². The van der Waals surface area contributed by atoms with Gasteiger partial charge in [-0.1, -0.05) is 31.7 Å². The van der Waals surface area contributed by atoms with E-state index in [1.807, 2.05) is 13.1 Å². The summed E-state index contributed by atoms with van der Waals surface area (Å²) in [5, 5.41) is 4.23. The zero-order valence-corrected chi connectivity index (χ0v) is 12.1. The van der Waals surface area contributed by atoms with E-state index >= 15 is 0 Å². The Hall–Kier alpha value is -1.07. The third kappa shape index (κ3) is 5.06. The maximum Gasteiger partial charge on any atom is 0.316 e. The molecule has 0 radical (unpaired) electrons. The van der Waals surface area contributed by atoms with E-state index in [2.05, 4.69) is 35.0 Å². The number of pyridine rings is 1. The van der Waals surface area contributed by atoms with Gasteiger partial charge in [-0.15, -0.1) is 0 Å². The van der Waals surface area contributed by atoms with E-state index in [4.69, 9.17) is 0 Å². The normalized spacial score (nSPS) is 10.7. The van der Waals surface area contributed by atoms with Crippen LogP contribution in [0.5, 0.6) is 0 Å². The fourth-order valence-electron chi connectivity index (χ4n) is 1.38. The fraction of sp³-hybridized carbons (Fsp3) is 0.538. The van der Waals surface area contributed by atoms with Crippen LogP contribution in [0.2, 0.25) is 0 Å². The largest absolute Gasteiger partial charge is 0.468 e. The Balaban J connectivity index is 2.59. The Kier molecular flexibility index (Phi) is 6.15. The first-order chi connectivity index (χ1) is 8.52. The van der Waals surface area contributed by atoms with Crippen LogP contribution in [-0.2, 0) is 16.1 Å². The molecule has 0 amide bonds. The lowest BCUT2D eigenvalue weighted by Gasteiger charge is -2.10. The molecule has 1 rings (SSSR count). The topological polar surface area (TPSA) is 51.2 Å². The Morgan fingerprint density at radius 3 is 2.83 bits per heavy atom. The van der Waals surface area contributed by atoms with Crippen molar-refractivity contribution in [2.75, 3.05) is 12.9 Å². The van der Waals surface area contributed by atoms with Gasteiger partial charge in [0.15, 0.2) is 0 Å². The van der Waals surface area contributed by atoms with Crippen molar-refractivity contribution in [3.05, 3.63) is 23.4 Å². The molecule has 0 aromatic carbocycles. The molecule has 4 nitrogen and oxygen atoms in total. The maximum absolute atomic E-state index is 11.1. The molecule has 1 aromatic rings. The molecule has 0 fully saturated rings. The van der Waals surface area contributed by atoms with Crippen molar-refractivity contribution in [3.8, 4) is 0 Å². The van der Waals surface area contributed by atoms with Crippen molar-refractivity contribution in [2.24, 2.45) is 0 Å². The summed E-state index contributed by atoms with van der Waals surface area (Å²) < 4.78 is 4.60. The number of hydrogen-bond acceptors (Lipinski definition) is 5. The molecule has 0 aliphatic heterocycles. The maximum atomic E-state index is 11.1. The summed E-state index contributed by atoms with van der Waals surface area (Å²) in [7, 11) is 1.39. The van der Waals surface area contributed by atoms with E-state index in [1.54, 1.807) is 0 Å². The number of nitrogens with one attached hydrogen (secondary N) is 1. The van der Waals surface area contributed by atoms with Gasteiger partial charge in [0, 0.05) is 18.8 Å². The number of aromatic nitrogens is 1. The lowest BCUT2D eigenvalue weighted by molar-refractivity contribution is -0.137. The number of methoxy groups -OCH3 is 1. The lowest BCUT2D eigenvalue weighted by Crippen LogP contribution is -2.21. The minimum Gasteiger partial charge on any atom is -0.468 e. The van der Waals surface area contributed by atoms with Crippen LogP contribution in [0.3, 0.4) is 0 Å². The number of rotatable bonds is 6. The second-order valence-electron chi connectivity index (χ2n) is 4.37. The lowest BCUT2D eigenvalue weighted by atomic mass is 10.2. The predicted octanol–water partition coefficient (Wildman–Crippen LogP) is 2.15. The van der Waals surface area contributed by atoms with E-state index in [1.165, 1.54) is 18.9 Å². The van der Waals surface area contributed by atoms with E-state index in [0.29, 0.717) is 11.8 Å². The first-order valence-corrected chi connectivity index (χ1v) is 6.90. The van der Waals surface area contributed by atoms with Crippen molar-refractivity contribution in [1.82, 2.24) is 10.3 Å². The Labute approximate surface area is 113 Å². The van der Waals surface area contributed by atoms with Gasteiger partial charge in [-0.05, 0) is 18.1 Å². The molecule has 0 saturated carbocycles. The Morgan fingerprint density at radius 2 is 2.28 bits per heavy atom. The molecule has 5 heteroatoms. The van der Waals surface area contributed by atoms with Crippen molar-refractivity contribution < 1.29 is 9.53 Å². The zero-order chi connectivity index (χ0) is 13.5. The third-order valence-electron chi connectivity index (χ3n) is 2.36. The van der Waals surface area contributed by atoms with E-state index in [9.17, 15) is 4.79 Å². The SMILES string of the molecule is COC(=O)CSc1ncc(CNC(C)C)cc1C. The van der Waals surface area contributed by atoms with Crippen molar-refractivity contribution >= 4 is 17.7 Å². The minimum absolute atomic E-state index is 0.230. The van der Waals surface area contributed by atoms with Crippen molar-refractivity contribution in [2.45, 2.75) is 38.4 Å². The number of nitrogens with zero attached hydrogens (tertiary/aromatic N) is 1. The van der Waals surface area contributed by atoms with Crippen LogP contribution in [0.4, 0.5) is 0 Å². The second-order valence-corrected chi connectivity index (χ2v) is 5.33. The highest BCUT2D eigenvalue weighted by molar-refractivity contribution is 7.99. The van der Waals surface area contributed by atoms with Gasteiger partial charge in [0.25, 0.3) is 0 Å². The molecule has 0 aliphatic rings. The summed E-state index contributed by atoms with van der Waals surface area (Å²) in [5.74, 6) is 0.0697. The molecule has 1 heterocycles. The van der Waals surface area contributed by atoms with E-state index in [-0.39, 0.29) is 5.97 Å². The van der Waals surface area contributed by atoms with Crippen LogP contribution in [0.15, 0.2) is 17.3 Å². The Morgan fingerprint density at radius 1 is 1.56 bits per heavy atom. The van der Waals surface area contributed by atoms with Crippen molar-refractivity contribution in [3.63, 3.8) is 0 Å². The minimum atomic E-state index is -0.230. The highest BCUT2D eigenvalue weighted by atomic mass is 32.2. The van der Waals surface area contributed by atoms with Crippen LogP contribution in [-0.4, -0.2) is 29.9 Å². The second kappa shape index (κ2) is 7.38. The van der Waals surface area contributed by atoms with Gasteiger partial charge >= 0.3 is 5.97 Å². The quantitative estimate of drug-likeness (QED) is 0.633. The average Bonchev–Trinajstić information content (AvgIpc) is 2.34. The van der Waals surface area contributed by atoms with Crippen molar-refractivity contribution in [1.29, 1.82) is 0 Å². The van der Waals surface area contributed by atoms with Gasteiger partial charge in [0.05, 0.1) is 17.9 Å². The van der Waals surface area contributed by atoms with Gasteiger partial charge in [-0.3, -0.25) is 4.79 Å². The third-order valence-corrected chi connectivity index (χ3v) is 3.44. The van der Waals surface area contributed by atoms with Crippen LogP contribution < -0.4 is 5.32 Å². The number of esters is 1. The van der Waals surface area contributed by atoms with Crippen LogP contribution in [0.1, 0.15) is 25.0 Å². The standard InChI is InChI=1S/C13H20N2O2S/c1-9(2)14-6-11-5-10(3)13(15-7-11)18-8-12(16)17-4/h5,7,9,14H,6,8H2,1-4H3. The van der Waals surface area contributed by atoms with Crippen LogP contribution >= 0.6 is 11.8 Å². The smallest absolute Gasteiger partial charge is 0.316 e. The average molecular weight is 268 g/mol. The highest BCUT2D eigenvalue weighted by Gasteiger charge is 2.07. The first kappa shape index (κ1) is 15.0. The monoisotopic (exact) mass is 268 g/mol. The molecule has 0 atom stereocenters. The molecule has 0 unspecified atom stereocenters. The summed E-state index contributed by atoms with van der Waals surface area (Å²) in [6, 6.07) is 2.56. The highest BCUT2D eigenvalue weighted by Crippen LogP contribution is 2.20. The molecule has 18 heavy (non-hydrogen) atoms. The molecule has 0 spiro atoms. The zero-order valence-electron chi connectivity index (χ0n) is 11.3. The van der Waals surface area contributed by atoms with Gasteiger partial charge in [-0.2, -0.15) is 0 Å². The molecule has 0 bridgehead atoms. The molecule has 100 valence electrons. The van der Waals surface area contributed by atoms with E-state index in [0.717, 1.165) is 22.7 Å². The summed E-state index contributed by atoms with van der Waals surface area (Å²) in [4.78, 5) is 15.4. The van der Waals surface area contributed by atoms with Gasteiger partial charge in [-0.25, -0.2) is 4.98 Å². The molecule has 1 aromatic heterocycles. The predicted molar refractivity (Wildman–Crippen MR) is 73.7 cm³/mol. The molecule has 0 saturated heterocycles. The molecule has 0 aliphatic carbocycles. The molecular formula is C13H20N2O2S. The number of aryl methyl sites for hydroxylation is 1. The molecular weight excluding hydrogens is 248 g/mol. The van der Waals surface area contributed by atoms with Gasteiger partial charge in [0.2, 0.25) is 0 Å². The number of hydrogen-bond donors (Lipinski definition) is 1. The number of carbonyl (C=O) groups excluding carboxylic acids is 1. The first-order valence-electron chi connectivity index (χ1n) is 5.91. The summed E-state index contributed by atoms with van der Waals surface area (Å²) >= 11 is 1.41. The fourth-order valence-corrected chi connectivity index (χ4v) is 2.16. The molecule has 1 N–H and O–H groups in total. The van der Waals surface area contributed by atoms with Gasteiger partial charge in [0.1, 0.15) is 0 Å². The Bertz CT molecular complexity index is 408. The number of thioether (sulfide) groups is 1. The summed E-state index contributed by atoms with van der Waals surface area (Å²) in [5.41, 5.74) is 2.25.